The summed E-state index contributed by atoms with van der Waals surface area (Å²) in [5.74, 6) is 2.20. The van der Waals surface area contributed by atoms with E-state index < -0.39 is 7.60 Å². The van der Waals surface area contributed by atoms with Crippen LogP contribution in [-0.4, -0.2) is 20.4 Å². The summed E-state index contributed by atoms with van der Waals surface area (Å²) in [7, 11) is -0.303. The number of rotatable bonds is 3. The van der Waals surface area contributed by atoms with Crippen LogP contribution in [0.1, 0.15) is 0 Å². The Labute approximate surface area is 54.9 Å². The lowest BCUT2D eigenvalue weighted by Gasteiger charge is -2.08. The molecule has 3 nitrogen and oxygen atoms in total. The standard InChI is InChI=1S/C5H9O3P/c1-4-5-9(6,7-2)8-3/h1H,5H2,2-3H3. The molecular weight excluding hydrogens is 139 g/mol. The molecule has 9 heavy (non-hydrogen) atoms. The van der Waals surface area contributed by atoms with E-state index in [2.05, 4.69) is 15.0 Å². The average molecular weight is 148 g/mol. The lowest BCUT2D eigenvalue weighted by Crippen LogP contribution is -1.91. The maximum Gasteiger partial charge on any atom is 0.341 e. The highest BCUT2D eigenvalue weighted by Crippen LogP contribution is 2.45. The van der Waals surface area contributed by atoms with Crippen LogP contribution < -0.4 is 0 Å². The van der Waals surface area contributed by atoms with Crippen molar-refractivity contribution >= 4 is 7.60 Å². The van der Waals surface area contributed by atoms with E-state index in [1.54, 1.807) is 0 Å². The zero-order valence-electron chi connectivity index (χ0n) is 5.46. The number of hydrogen-bond acceptors (Lipinski definition) is 3. The average Bonchev–Trinajstić information content (AvgIpc) is 1.89. The molecule has 0 aromatic heterocycles. The largest absolute Gasteiger partial charge is 0.341 e. The van der Waals surface area contributed by atoms with Crippen molar-refractivity contribution in [2.24, 2.45) is 0 Å². The minimum absolute atomic E-state index is 0.0278. The molecule has 0 aliphatic rings. The van der Waals surface area contributed by atoms with E-state index in [-0.39, 0.29) is 6.16 Å². The maximum atomic E-state index is 11.0. The van der Waals surface area contributed by atoms with Crippen molar-refractivity contribution in [1.82, 2.24) is 0 Å². The van der Waals surface area contributed by atoms with Gasteiger partial charge in [0.2, 0.25) is 0 Å². The van der Waals surface area contributed by atoms with Crippen LogP contribution in [0.15, 0.2) is 0 Å². The van der Waals surface area contributed by atoms with Gasteiger partial charge in [-0.3, -0.25) is 4.57 Å². The molecule has 0 aliphatic carbocycles. The van der Waals surface area contributed by atoms with Crippen LogP contribution in [0.3, 0.4) is 0 Å². The SMILES string of the molecule is C#CCP(=O)(OC)OC. The molecule has 0 rings (SSSR count). The lowest BCUT2D eigenvalue weighted by atomic mass is 10.8. The van der Waals surface area contributed by atoms with Crippen LogP contribution in [0.4, 0.5) is 0 Å². The molecule has 0 radical (unpaired) electrons. The smallest absolute Gasteiger partial charge is 0.311 e. The van der Waals surface area contributed by atoms with Crippen molar-refractivity contribution in [3.63, 3.8) is 0 Å². The minimum Gasteiger partial charge on any atom is -0.311 e. The van der Waals surface area contributed by atoms with Gasteiger partial charge in [0.05, 0.1) is 0 Å². The second kappa shape index (κ2) is 3.68. The quantitative estimate of drug-likeness (QED) is 0.444. The van der Waals surface area contributed by atoms with Gasteiger partial charge in [0.1, 0.15) is 6.16 Å². The summed E-state index contributed by atoms with van der Waals surface area (Å²) in [6.45, 7) is 0. The predicted molar refractivity (Wildman–Crippen MR) is 35.3 cm³/mol. The lowest BCUT2D eigenvalue weighted by molar-refractivity contribution is 0.279. The molecule has 0 unspecified atom stereocenters. The monoisotopic (exact) mass is 148 g/mol. The Morgan fingerprint density at radius 1 is 1.56 bits per heavy atom. The van der Waals surface area contributed by atoms with E-state index >= 15 is 0 Å². The van der Waals surface area contributed by atoms with Gasteiger partial charge < -0.3 is 9.05 Å². The van der Waals surface area contributed by atoms with E-state index in [1.807, 2.05) is 0 Å². The Balaban J connectivity index is 3.98. The molecule has 0 bridgehead atoms. The van der Waals surface area contributed by atoms with Gasteiger partial charge in [-0.2, -0.15) is 0 Å². The fourth-order valence-corrected chi connectivity index (χ4v) is 0.946. The zero-order chi connectivity index (χ0) is 7.33. The highest BCUT2D eigenvalue weighted by Gasteiger charge is 2.17. The van der Waals surface area contributed by atoms with Crippen LogP contribution in [0, 0.1) is 12.3 Å². The Hall–Kier alpha value is -0.290. The molecule has 0 spiro atoms. The maximum absolute atomic E-state index is 11.0. The Kier molecular flexibility index (Phi) is 3.56. The summed E-state index contributed by atoms with van der Waals surface area (Å²) >= 11 is 0. The molecule has 52 valence electrons. The molecule has 0 N–H and O–H groups in total. The van der Waals surface area contributed by atoms with Gasteiger partial charge in [-0.15, -0.1) is 6.42 Å². The van der Waals surface area contributed by atoms with Gasteiger partial charge in [0, 0.05) is 14.2 Å². The van der Waals surface area contributed by atoms with Crippen molar-refractivity contribution in [3.8, 4) is 12.3 Å². The summed E-state index contributed by atoms with van der Waals surface area (Å²) in [6, 6.07) is 0. The first-order valence-corrected chi connectivity index (χ1v) is 4.05. The second-order valence-electron chi connectivity index (χ2n) is 1.34. The fraction of sp³-hybridized carbons (Fsp3) is 0.600. The van der Waals surface area contributed by atoms with Gasteiger partial charge in [-0.05, 0) is 0 Å². The van der Waals surface area contributed by atoms with Gasteiger partial charge in [0.25, 0.3) is 0 Å². The molecule has 0 fully saturated rings. The molecule has 0 heterocycles. The first-order chi connectivity index (χ1) is 4.18. The van der Waals surface area contributed by atoms with E-state index in [9.17, 15) is 4.57 Å². The van der Waals surface area contributed by atoms with Gasteiger partial charge >= 0.3 is 7.60 Å². The third-order valence-electron chi connectivity index (χ3n) is 0.841. The molecule has 0 aliphatic heterocycles. The molecule has 4 heteroatoms. The van der Waals surface area contributed by atoms with Crippen molar-refractivity contribution in [2.45, 2.75) is 0 Å². The Bertz CT molecular complexity index is 150. The van der Waals surface area contributed by atoms with Gasteiger partial charge in [0.15, 0.2) is 0 Å². The van der Waals surface area contributed by atoms with Crippen molar-refractivity contribution < 1.29 is 13.6 Å². The second-order valence-corrected chi connectivity index (χ2v) is 3.61. The summed E-state index contributed by atoms with van der Waals surface area (Å²) in [5, 5.41) is 0. The summed E-state index contributed by atoms with van der Waals surface area (Å²) in [5.41, 5.74) is 0. The van der Waals surface area contributed by atoms with Crippen molar-refractivity contribution in [2.75, 3.05) is 20.4 Å². The molecule has 0 amide bonds. The Morgan fingerprint density at radius 2 is 2.00 bits per heavy atom. The topological polar surface area (TPSA) is 35.5 Å². The van der Waals surface area contributed by atoms with Gasteiger partial charge in [-0.1, -0.05) is 5.92 Å². The molecular formula is C5H9O3P. The van der Waals surface area contributed by atoms with Crippen LogP contribution in [0.5, 0.6) is 0 Å². The molecule has 0 aromatic rings. The first kappa shape index (κ1) is 8.71. The van der Waals surface area contributed by atoms with Crippen LogP contribution >= 0.6 is 7.60 Å². The molecule has 0 saturated carbocycles. The Morgan fingerprint density at radius 3 is 2.11 bits per heavy atom. The highest BCUT2D eigenvalue weighted by molar-refractivity contribution is 7.54. The van der Waals surface area contributed by atoms with E-state index in [0.29, 0.717) is 0 Å². The van der Waals surface area contributed by atoms with Crippen molar-refractivity contribution in [3.05, 3.63) is 0 Å². The number of terminal acetylenes is 1. The summed E-state index contributed by atoms with van der Waals surface area (Å²) in [4.78, 5) is 0. The van der Waals surface area contributed by atoms with E-state index in [4.69, 9.17) is 6.42 Å². The molecule has 0 atom stereocenters. The normalized spacial score (nSPS) is 10.8. The predicted octanol–water partition coefficient (Wildman–Crippen LogP) is 1.11. The van der Waals surface area contributed by atoms with Crippen LogP contribution in [0.25, 0.3) is 0 Å². The van der Waals surface area contributed by atoms with E-state index in [0.717, 1.165) is 0 Å². The van der Waals surface area contributed by atoms with Gasteiger partial charge in [-0.25, -0.2) is 0 Å². The van der Waals surface area contributed by atoms with Crippen molar-refractivity contribution in [1.29, 1.82) is 0 Å². The third kappa shape index (κ3) is 2.67. The molecule has 0 aromatic carbocycles. The number of hydrogen-bond donors (Lipinski definition) is 0. The third-order valence-corrected chi connectivity index (χ3v) is 2.52. The summed E-state index contributed by atoms with van der Waals surface area (Å²) < 4.78 is 20.0. The minimum atomic E-state index is -2.92. The van der Waals surface area contributed by atoms with Crippen LogP contribution in [-0.2, 0) is 13.6 Å². The van der Waals surface area contributed by atoms with Crippen LogP contribution in [0.2, 0.25) is 0 Å². The first-order valence-electron chi connectivity index (χ1n) is 2.32. The summed E-state index contributed by atoms with van der Waals surface area (Å²) in [6.07, 6.45) is 4.91. The van der Waals surface area contributed by atoms with E-state index in [1.165, 1.54) is 14.2 Å². The molecule has 0 saturated heterocycles. The fourth-order valence-electron chi connectivity index (χ4n) is 0.315. The zero-order valence-corrected chi connectivity index (χ0v) is 6.35. The highest BCUT2D eigenvalue weighted by atomic mass is 31.2.